The van der Waals surface area contributed by atoms with Gasteiger partial charge in [-0.15, -0.1) is 0 Å². The SMILES string of the molecule is CC/C=C\C/C=C\C/C=C\C/C=C\C/C=C\CCCCCCCCCCCC(=O)OC(COC(=O)CCCCCCCCCCCCCCCCCCCCCCCCCCCCCCC)COC(OCC[N+](C)(C)C)C(=O)[O-]. The molecule has 0 aliphatic rings. The summed E-state index contributed by atoms with van der Waals surface area (Å²) in [5.74, 6) is -2.28. The Morgan fingerprint density at radius 2 is 0.722 bits per heavy atom. The van der Waals surface area contributed by atoms with E-state index in [1.165, 1.54) is 199 Å². The third-order valence-corrected chi connectivity index (χ3v) is 14.8. The van der Waals surface area contributed by atoms with Crippen LogP contribution in [-0.4, -0.2) is 82.3 Å². The van der Waals surface area contributed by atoms with E-state index >= 15 is 0 Å². The third kappa shape index (κ3) is 62.4. The number of carboxylic acid groups (broad SMARTS) is 1. The van der Waals surface area contributed by atoms with Crippen molar-refractivity contribution in [2.45, 2.75) is 322 Å². The predicted octanol–water partition coefficient (Wildman–Crippen LogP) is 19.0. The Kier molecular flexibility index (Phi) is 58.7. The zero-order valence-electron chi connectivity index (χ0n) is 52.5. The van der Waals surface area contributed by atoms with Gasteiger partial charge in [0.1, 0.15) is 13.2 Å². The molecule has 0 fully saturated rings. The molecule has 0 bridgehead atoms. The molecule has 0 N–H and O–H groups in total. The molecule has 9 heteroatoms. The van der Waals surface area contributed by atoms with Gasteiger partial charge in [0.25, 0.3) is 0 Å². The van der Waals surface area contributed by atoms with E-state index in [2.05, 4.69) is 74.6 Å². The van der Waals surface area contributed by atoms with E-state index in [1.54, 1.807) is 0 Å². The number of nitrogens with zero attached hydrogens (tertiary/aromatic N) is 1. The summed E-state index contributed by atoms with van der Waals surface area (Å²) < 4.78 is 22.8. The van der Waals surface area contributed by atoms with Gasteiger partial charge in [-0.05, 0) is 57.8 Å². The fraction of sp³-hybridized carbons (Fsp3) is 0.814. The zero-order chi connectivity index (χ0) is 57.6. The Hall–Kier alpha value is -3.01. The molecular formula is C70H127NO8. The van der Waals surface area contributed by atoms with Crippen LogP contribution in [0.25, 0.3) is 0 Å². The van der Waals surface area contributed by atoms with Gasteiger partial charge in [-0.1, -0.05) is 299 Å². The van der Waals surface area contributed by atoms with Crippen LogP contribution in [0, 0.1) is 0 Å². The molecule has 0 heterocycles. The molecule has 0 aliphatic carbocycles. The minimum absolute atomic E-state index is 0.146. The first-order valence-electron chi connectivity index (χ1n) is 33.4. The van der Waals surface area contributed by atoms with Crippen molar-refractivity contribution >= 4 is 17.9 Å². The maximum atomic E-state index is 12.9. The highest BCUT2D eigenvalue weighted by molar-refractivity contribution is 5.70. The first-order valence-corrected chi connectivity index (χ1v) is 33.4. The minimum atomic E-state index is -1.62. The Bertz CT molecular complexity index is 1480. The van der Waals surface area contributed by atoms with Crippen LogP contribution in [0.5, 0.6) is 0 Å². The van der Waals surface area contributed by atoms with E-state index in [4.69, 9.17) is 18.9 Å². The van der Waals surface area contributed by atoms with Crippen LogP contribution in [-0.2, 0) is 33.3 Å². The van der Waals surface area contributed by atoms with Gasteiger partial charge in [-0.25, -0.2) is 0 Å². The molecule has 2 unspecified atom stereocenters. The number of carbonyl (C=O) groups excluding carboxylic acids is 3. The second-order valence-electron chi connectivity index (χ2n) is 23.7. The molecule has 0 rings (SSSR count). The van der Waals surface area contributed by atoms with Crippen molar-refractivity contribution in [2.24, 2.45) is 0 Å². The summed E-state index contributed by atoms with van der Waals surface area (Å²) in [7, 11) is 5.93. The summed E-state index contributed by atoms with van der Waals surface area (Å²) in [6, 6.07) is 0. The molecule has 0 saturated carbocycles. The van der Waals surface area contributed by atoms with Gasteiger partial charge < -0.3 is 33.3 Å². The lowest BCUT2D eigenvalue weighted by Gasteiger charge is -2.26. The van der Waals surface area contributed by atoms with E-state index < -0.39 is 24.3 Å². The largest absolute Gasteiger partial charge is 0.545 e. The number of aliphatic carboxylic acids is 1. The molecule has 0 radical (unpaired) electrons. The average molecular weight is 1110 g/mol. The molecule has 0 amide bonds. The highest BCUT2D eigenvalue weighted by Crippen LogP contribution is 2.18. The van der Waals surface area contributed by atoms with Crippen molar-refractivity contribution in [3.05, 3.63) is 60.8 Å². The van der Waals surface area contributed by atoms with E-state index in [9.17, 15) is 19.5 Å². The van der Waals surface area contributed by atoms with Crippen molar-refractivity contribution in [3.63, 3.8) is 0 Å². The molecule has 2 atom stereocenters. The highest BCUT2D eigenvalue weighted by atomic mass is 16.7. The Balaban J connectivity index is 4.12. The maximum Gasteiger partial charge on any atom is 0.306 e. The highest BCUT2D eigenvalue weighted by Gasteiger charge is 2.22. The van der Waals surface area contributed by atoms with Crippen molar-refractivity contribution in [1.29, 1.82) is 0 Å². The first kappa shape index (κ1) is 76.0. The fourth-order valence-electron chi connectivity index (χ4n) is 9.68. The number of allylic oxidation sites excluding steroid dienone is 10. The summed E-state index contributed by atoms with van der Waals surface area (Å²) in [5.41, 5.74) is 0. The summed E-state index contributed by atoms with van der Waals surface area (Å²) in [6.45, 7) is 4.67. The lowest BCUT2D eigenvalue weighted by molar-refractivity contribution is -0.870. The van der Waals surface area contributed by atoms with Crippen LogP contribution < -0.4 is 5.11 Å². The van der Waals surface area contributed by atoms with E-state index in [1.807, 2.05) is 21.1 Å². The number of quaternary nitrogens is 1. The number of hydrogen-bond donors (Lipinski definition) is 0. The second kappa shape index (κ2) is 61.1. The summed E-state index contributed by atoms with van der Waals surface area (Å²) in [6.07, 6.45) is 75.8. The van der Waals surface area contributed by atoms with Gasteiger partial charge >= 0.3 is 11.9 Å². The second-order valence-corrected chi connectivity index (χ2v) is 23.7. The van der Waals surface area contributed by atoms with Gasteiger partial charge in [-0.2, -0.15) is 0 Å². The van der Waals surface area contributed by atoms with E-state index in [0.29, 0.717) is 23.9 Å². The van der Waals surface area contributed by atoms with E-state index in [-0.39, 0.29) is 32.2 Å². The molecule has 0 saturated heterocycles. The van der Waals surface area contributed by atoms with Crippen LogP contribution >= 0.6 is 0 Å². The molecule has 0 aliphatic heterocycles. The smallest absolute Gasteiger partial charge is 0.306 e. The van der Waals surface area contributed by atoms with Gasteiger partial charge in [0, 0.05) is 12.8 Å². The lowest BCUT2D eigenvalue weighted by atomic mass is 10.0. The zero-order valence-corrected chi connectivity index (χ0v) is 52.5. The number of esters is 2. The van der Waals surface area contributed by atoms with Gasteiger partial charge in [0.15, 0.2) is 12.4 Å². The normalized spacial score (nSPS) is 13.1. The van der Waals surface area contributed by atoms with Gasteiger partial charge in [0.2, 0.25) is 0 Å². The molecular weight excluding hydrogens is 983 g/mol. The van der Waals surface area contributed by atoms with Gasteiger partial charge in [0.05, 0.1) is 40.3 Å². The molecule has 79 heavy (non-hydrogen) atoms. The van der Waals surface area contributed by atoms with Crippen LogP contribution in [0.1, 0.15) is 309 Å². The third-order valence-electron chi connectivity index (χ3n) is 14.8. The predicted molar refractivity (Wildman–Crippen MR) is 334 cm³/mol. The summed E-state index contributed by atoms with van der Waals surface area (Å²) in [5, 5.41) is 11.8. The fourth-order valence-corrected chi connectivity index (χ4v) is 9.68. The summed E-state index contributed by atoms with van der Waals surface area (Å²) in [4.78, 5) is 37.4. The van der Waals surface area contributed by atoms with E-state index in [0.717, 1.165) is 77.0 Å². The van der Waals surface area contributed by atoms with Crippen LogP contribution in [0.3, 0.4) is 0 Å². The number of hydrogen-bond acceptors (Lipinski definition) is 8. The van der Waals surface area contributed by atoms with Crippen molar-refractivity contribution in [2.75, 3.05) is 47.5 Å². The molecule has 0 aromatic rings. The number of likely N-dealkylation sites (N-methyl/N-ethyl adjacent to an activating group) is 1. The molecule has 0 aromatic heterocycles. The number of ether oxygens (including phenoxy) is 4. The van der Waals surface area contributed by atoms with Crippen LogP contribution in [0.2, 0.25) is 0 Å². The Morgan fingerprint density at radius 3 is 1.08 bits per heavy atom. The molecule has 9 nitrogen and oxygen atoms in total. The minimum Gasteiger partial charge on any atom is -0.545 e. The molecule has 0 spiro atoms. The number of rotatable bonds is 62. The number of carboxylic acids is 1. The number of carbonyl (C=O) groups is 3. The topological polar surface area (TPSA) is 111 Å². The van der Waals surface area contributed by atoms with Crippen molar-refractivity contribution in [3.8, 4) is 0 Å². The van der Waals surface area contributed by atoms with Crippen molar-refractivity contribution < 1.29 is 42.9 Å². The van der Waals surface area contributed by atoms with Gasteiger partial charge in [-0.3, -0.25) is 9.59 Å². The Morgan fingerprint density at radius 1 is 0.392 bits per heavy atom. The quantitative estimate of drug-likeness (QED) is 0.0195. The average Bonchev–Trinajstić information content (AvgIpc) is 3.42. The van der Waals surface area contributed by atoms with Crippen LogP contribution in [0.4, 0.5) is 0 Å². The number of unbranched alkanes of at least 4 members (excludes halogenated alkanes) is 37. The molecule has 460 valence electrons. The summed E-state index contributed by atoms with van der Waals surface area (Å²) >= 11 is 0. The Labute approximate surface area is 488 Å². The van der Waals surface area contributed by atoms with Crippen molar-refractivity contribution in [1.82, 2.24) is 0 Å². The maximum absolute atomic E-state index is 12.9. The monoisotopic (exact) mass is 1110 g/mol. The molecule has 0 aromatic carbocycles. The first-order chi connectivity index (χ1) is 38.6. The van der Waals surface area contributed by atoms with Crippen LogP contribution in [0.15, 0.2) is 60.8 Å². The lowest BCUT2D eigenvalue weighted by Crippen LogP contribution is -2.44. The standard InChI is InChI=1S/C70H127NO8/c1-6-8-10-12-14-16-18-20-22-24-26-28-30-32-33-34-35-37-38-40-42-44-46-48-50-52-54-56-58-60-67(72)77-64-66(65-78-70(69(74)75)76-63-62-71(3,4)5)79-68(73)61-59-57-55-53-51-49-47-45-43-41-39-36-31-29-27-25-23-21-19-17-15-13-11-9-7-2/h9,11,15,17,21,23,27,29,36,39,66,70H,6-8,10,12-14,16,18-20,22,24-26,28,30-35,37-38,40-65H2,1-5H3/b11-9-,17-15-,23-21-,29-27-,39-36-.